The van der Waals surface area contributed by atoms with E-state index >= 15 is 0 Å². The van der Waals surface area contributed by atoms with Crippen LogP contribution in [0.3, 0.4) is 0 Å². The van der Waals surface area contributed by atoms with Crippen molar-refractivity contribution in [1.82, 2.24) is 0 Å². The van der Waals surface area contributed by atoms with Crippen LogP contribution in [-0.2, 0) is 12.6 Å². The number of rotatable bonds is 3. The Labute approximate surface area is 136 Å². The Balaban J connectivity index is 2.14. The molecular weight excluding hydrogens is 326 g/mol. The smallest absolute Gasteiger partial charge is 0.419 e. The van der Waals surface area contributed by atoms with Crippen molar-refractivity contribution in [3.63, 3.8) is 0 Å². The molecule has 0 amide bonds. The lowest BCUT2D eigenvalue weighted by Gasteiger charge is -2.15. The van der Waals surface area contributed by atoms with Gasteiger partial charge in [0, 0.05) is 24.1 Å². The van der Waals surface area contributed by atoms with Gasteiger partial charge in [0.05, 0.1) is 12.7 Å². The minimum absolute atomic E-state index is 0.205. The molecule has 1 aliphatic heterocycles. The first-order valence-corrected chi connectivity index (χ1v) is 7.28. The molecular formula is C17H15F4NO2. The van der Waals surface area contributed by atoms with Gasteiger partial charge in [0.2, 0.25) is 0 Å². The molecule has 0 bridgehead atoms. The van der Waals surface area contributed by atoms with Crippen LogP contribution in [0.5, 0.6) is 11.5 Å². The topological polar surface area (TPSA) is 44.5 Å². The van der Waals surface area contributed by atoms with Crippen molar-refractivity contribution in [2.45, 2.75) is 18.7 Å². The largest absolute Gasteiger partial charge is 0.496 e. The summed E-state index contributed by atoms with van der Waals surface area (Å²) in [5.74, 6) is -0.445. The molecule has 3 rings (SSSR count). The van der Waals surface area contributed by atoms with Gasteiger partial charge in [-0.25, -0.2) is 4.39 Å². The molecule has 3 nitrogen and oxygen atoms in total. The van der Waals surface area contributed by atoms with Gasteiger partial charge in [-0.15, -0.1) is 0 Å². The molecule has 2 aromatic carbocycles. The van der Waals surface area contributed by atoms with Gasteiger partial charge >= 0.3 is 6.18 Å². The van der Waals surface area contributed by atoms with Crippen LogP contribution in [0.1, 0.15) is 11.1 Å². The van der Waals surface area contributed by atoms with Crippen LogP contribution in [0.2, 0.25) is 0 Å². The average Bonchev–Trinajstić information content (AvgIpc) is 2.95. The highest BCUT2D eigenvalue weighted by atomic mass is 19.4. The normalized spacial score (nSPS) is 16.7. The Hall–Kier alpha value is -2.28. The van der Waals surface area contributed by atoms with Crippen molar-refractivity contribution in [2.75, 3.05) is 13.7 Å². The van der Waals surface area contributed by atoms with E-state index in [1.54, 1.807) is 0 Å². The molecule has 0 saturated carbocycles. The van der Waals surface area contributed by atoms with Crippen molar-refractivity contribution in [1.29, 1.82) is 0 Å². The molecule has 0 aromatic heterocycles. The third kappa shape index (κ3) is 2.91. The third-order valence-electron chi connectivity index (χ3n) is 3.94. The van der Waals surface area contributed by atoms with E-state index < -0.39 is 17.6 Å². The molecule has 1 unspecified atom stereocenters. The van der Waals surface area contributed by atoms with Gasteiger partial charge in [-0.2, -0.15) is 13.2 Å². The molecule has 1 atom stereocenters. The maximum absolute atomic E-state index is 13.9. The Morgan fingerprint density at radius 3 is 2.62 bits per heavy atom. The third-order valence-corrected chi connectivity index (χ3v) is 3.94. The van der Waals surface area contributed by atoms with Crippen LogP contribution in [0.25, 0.3) is 11.1 Å². The van der Waals surface area contributed by atoms with E-state index in [4.69, 9.17) is 15.2 Å². The predicted molar refractivity (Wildman–Crippen MR) is 80.6 cm³/mol. The average molecular weight is 341 g/mol. The van der Waals surface area contributed by atoms with Crippen LogP contribution in [-0.4, -0.2) is 19.8 Å². The molecule has 24 heavy (non-hydrogen) atoms. The molecule has 0 aliphatic carbocycles. The second kappa shape index (κ2) is 5.98. The maximum atomic E-state index is 13.9. The standard InChI is InChI=1S/C17H15F4NO2/c1-23-15-3-2-9(6-14(15)17(19,20)21)13-7-11(18)4-10-5-12(8-22)24-16(10)13/h2-4,6-7,12H,5,8,22H2,1H3. The van der Waals surface area contributed by atoms with Crippen molar-refractivity contribution in [2.24, 2.45) is 5.73 Å². The van der Waals surface area contributed by atoms with Gasteiger partial charge in [-0.3, -0.25) is 0 Å². The van der Waals surface area contributed by atoms with Crippen molar-refractivity contribution < 1.29 is 27.0 Å². The highest BCUT2D eigenvalue weighted by Gasteiger charge is 2.35. The number of nitrogens with two attached hydrogens (primary N) is 1. The van der Waals surface area contributed by atoms with Crippen LogP contribution >= 0.6 is 0 Å². The minimum Gasteiger partial charge on any atom is -0.496 e. The van der Waals surface area contributed by atoms with Crippen LogP contribution in [0.15, 0.2) is 30.3 Å². The number of benzene rings is 2. The highest BCUT2D eigenvalue weighted by Crippen LogP contribution is 2.43. The van der Waals surface area contributed by atoms with E-state index in [0.29, 0.717) is 17.7 Å². The van der Waals surface area contributed by atoms with E-state index in [2.05, 4.69) is 0 Å². The molecule has 2 N–H and O–H groups in total. The zero-order valence-corrected chi connectivity index (χ0v) is 12.8. The molecule has 128 valence electrons. The summed E-state index contributed by atoms with van der Waals surface area (Å²) in [6.45, 7) is 0.242. The Morgan fingerprint density at radius 1 is 1.25 bits per heavy atom. The number of fused-ring (bicyclic) bond motifs is 1. The van der Waals surface area contributed by atoms with Gasteiger partial charge in [-0.1, -0.05) is 6.07 Å². The second-order valence-electron chi connectivity index (χ2n) is 5.53. The summed E-state index contributed by atoms with van der Waals surface area (Å²) in [7, 11) is 1.17. The van der Waals surface area contributed by atoms with Gasteiger partial charge < -0.3 is 15.2 Å². The molecule has 1 aliphatic rings. The molecule has 0 saturated heterocycles. The lowest BCUT2D eigenvalue weighted by Crippen LogP contribution is -2.24. The maximum Gasteiger partial charge on any atom is 0.419 e. The van der Waals surface area contributed by atoms with E-state index in [-0.39, 0.29) is 29.5 Å². The monoisotopic (exact) mass is 341 g/mol. The number of ether oxygens (including phenoxy) is 2. The summed E-state index contributed by atoms with van der Waals surface area (Å²) in [4.78, 5) is 0. The summed E-state index contributed by atoms with van der Waals surface area (Å²) in [6, 6.07) is 6.09. The number of halogens is 4. The van der Waals surface area contributed by atoms with Gasteiger partial charge in [0.1, 0.15) is 23.4 Å². The van der Waals surface area contributed by atoms with Gasteiger partial charge in [0.25, 0.3) is 0 Å². The zero-order chi connectivity index (χ0) is 17.5. The first kappa shape index (κ1) is 16.6. The SMILES string of the molecule is COc1ccc(-c2cc(F)cc3c2OC(CN)C3)cc1C(F)(F)F. The first-order chi connectivity index (χ1) is 11.3. The first-order valence-electron chi connectivity index (χ1n) is 7.28. The zero-order valence-electron chi connectivity index (χ0n) is 12.8. The molecule has 0 radical (unpaired) electrons. The van der Waals surface area contributed by atoms with Gasteiger partial charge in [-0.05, 0) is 29.8 Å². The van der Waals surface area contributed by atoms with E-state index in [0.717, 1.165) is 6.07 Å². The number of alkyl halides is 3. The Bertz CT molecular complexity index is 774. The van der Waals surface area contributed by atoms with E-state index in [1.165, 1.54) is 31.4 Å². The molecule has 7 heteroatoms. The van der Waals surface area contributed by atoms with E-state index in [1.807, 2.05) is 0 Å². The number of methoxy groups -OCH3 is 1. The Kier molecular flexibility index (Phi) is 4.13. The summed E-state index contributed by atoms with van der Waals surface area (Å²) < 4.78 is 63.9. The fraction of sp³-hybridized carbons (Fsp3) is 0.294. The van der Waals surface area contributed by atoms with Crippen molar-refractivity contribution >= 4 is 0 Å². The highest BCUT2D eigenvalue weighted by molar-refractivity contribution is 5.74. The van der Waals surface area contributed by atoms with E-state index in [9.17, 15) is 17.6 Å². The summed E-state index contributed by atoms with van der Waals surface area (Å²) >= 11 is 0. The summed E-state index contributed by atoms with van der Waals surface area (Å²) in [5, 5.41) is 0. The lowest BCUT2D eigenvalue weighted by molar-refractivity contribution is -0.138. The number of hydrogen-bond donors (Lipinski definition) is 1. The quantitative estimate of drug-likeness (QED) is 0.864. The molecule has 1 heterocycles. The van der Waals surface area contributed by atoms with Crippen LogP contribution in [0, 0.1) is 5.82 Å². The number of hydrogen-bond acceptors (Lipinski definition) is 3. The molecule has 0 spiro atoms. The predicted octanol–water partition coefficient (Wildman–Crippen LogP) is 3.78. The Morgan fingerprint density at radius 2 is 2.00 bits per heavy atom. The minimum atomic E-state index is -4.58. The molecule has 0 fully saturated rings. The van der Waals surface area contributed by atoms with Crippen LogP contribution < -0.4 is 15.2 Å². The van der Waals surface area contributed by atoms with Gasteiger partial charge in [0.15, 0.2) is 0 Å². The second-order valence-corrected chi connectivity index (χ2v) is 5.53. The fourth-order valence-corrected chi connectivity index (χ4v) is 2.84. The lowest BCUT2D eigenvalue weighted by atomic mass is 9.98. The van der Waals surface area contributed by atoms with Crippen molar-refractivity contribution in [3.05, 3.63) is 47.3 Å². The fourth-order valence-electron chi connectivity index (χ4n) is 2.84. The molecule has 2 aromatic rings. The van der Waals surface area contributed by atoms with Crippen LogP contribution in [0.4, 0.5) is 17.6 Å². The summed E-state index contributed by atoms with van der Waals surface area (Å²) in [6.07, 6.45) is -4.46. The van der Waals surface area contributed by atoms with Crippen molar-refractivity contribution in [3.8, 4) is 22.6 Å². The summed E-state index contributed by atoms with van der Waals surface area (Å²) in [5.41, 5.74) is 5.73.